The van der Waals surface area contributed by atoms with E-state index in [2.05, 4.69) is 0 Å². The van der Waals surface area contributed by atoms with E-state index in [0.29, 0.717) is 5.02 Å². The Morgan fingerprint density at radius 2 is 1.71 bits per heavy atom. The van der Waals surface area contributed by atoms with Gasteiger partial charge in [-0.15, -0.1) is 0 Å². The van der Waals surface area contributed by atoms with Gasteiger partial charge in [0.2, 0.25) is 0 Å². The lowest BCUT2D eigenvalue weighted by Gasteiger charge is -2.23. The molecule has 1 atom stereocenters. The van der Waals surface area contributed by atoms with E-state index in [-0.39, 0.29) is 11.7 Å². The third-order valence-corrected chi connectivity index (χ3v) is 4.24. The fourth-order valence-corrected chi connectivity index (χ4v) is 3.01. The molecule has 0 N–H and O–H groups in total. The summed E-state index contributed by atoms with van der Waals surface area (Å²) in [6.45, 7) is 0. The third-order valence-electron chi connectivity index (χ3n) is 3.98. The summed E-state index contributed by atoms with van der Waals surface area (Å²) in [5.74, 6) is 0.279. The van der Waals surface area contributed by atoms with E-state index >= 15 is 0 Å². The van der Waals surface area contributed by atoms with E-state index in [4.69, 9.17) is 11.6 Å². The van der Waals surface area contributed by atoms with Gasteiger partial charge >= 0.3 is 0 Å². The van der Waals surface area contributed by atoms with Gasteiger partial charge in [0.1, 0.15) is 0 Å². The average Bonchev–Trinajstić information content (AvgIpc) is 2.52. The van der Waals surface area contributed by atoms with Crippen LogP contribution in [0.15, 0.2) is 60.2 Å². The fourth-order valence-electron chi connectivity index (χ4n) is 2.88. The van der Waals surface area contributed by atoms with Crippen LogP contribution < -0.4 is 0 Å². The van der Waals surface area contributed by atoms with E-state index in [9.17, 15) is 4.79 Å². The summed E-state index contributed by atoms with van der Waals surface area (Å²) in [4.78, 5) is 12.7. The summed E-state index contributed by atoms with van der Waals surface area (Å²) >= 11 is 5.90. The number of carbonyl (C=O) groups is 1. The highest BCUT2D eigenvalue weighted by atomic mass is 35.5. The highest BCUT2D eigenvalue weighted by molar-refractivity contribution is 6.30. The van der Waals surface area contributed by atoms with Crippen LogP contribution in [-0.4, -0.2) is 5.78 Å². The Morgan fingerprint density at radius 3 is 2.43 bits per heavy atom. The summed E-state index contributed by atoms with van der Waals surface area (Å²) in [5.41, 5.74) is 3.10. The lowest BCUT2D eigenvalue weighted by Crippen LogP contribution is -2.19. The van der Waals surface area contributed by atoms with E-state index < -0.39 is 0 Å². The topological polar surface area (TPSA) is 17.1 Å². The fraction of sp³-hybridized carbons (Fsp3) is 0.211. The molecule has 0 aliphatic heterocycles. The summed E-state index contributed by atoms with van der Waals surface area (Å²) in [6, 6.07) is 17.7. The highest BCUT2D eigenvalue weighted by Crippen LogP contribution is 2.33. The van der Waals surface area contributed by atoms with E-state index in [1.165, 1.54) is 0 Å². The molecule has 1 aliphatic rings. The molecule has 0 radical (unpaired) electrons. The lowest BCUT2D eigenvalue weighted by molar-refractivity contribution is -0.117. The van der Waals surface area contributed by atoms with Gasteiger partial charge in [-0.25, -0.2) is 0 Å². The summed E-state index contributed by atoms with van der Waals surface area (Å²) in [6.07, 6.45) is 4.88. The third kappa shape index (κ3) is 3.25. The molecule has 2 aromatic rings. The van der Waals surface area contributed by atoms with Crippen LogP contribution in [0, 0.1) is 0 Å². The molecule has 0 spiro atoms. The van der Waals surface area contributed by atoms with Gasteiger partial charge in [-0.1, -0.05) is 54.1 Å². The number of Topliss-reactive ketones (excluding diaryl/α,β-unsaturated/α-hetero) is 1. The molecule has 3 rings (SSSR count). The van der Waals surface area contributed by atoms with Crippen molar-refractivity contribution in [1.82, 2.24) is 0 Å². The molecule has 0 bridgehead atoms. The highest BCUT2D eigenvalue weighted by Gasteiger charge is 2.27. The Hall–Kier alpha value is -1.86. The second-order valence-corrected chi connectivity index (χ2v) is 5.88. The summed E-state index contributed by atoms with van der Waals surface area (Å²) in [5, 5.41) is 0.717. The first-order valence-corrected chi connectivity index (χ1v) is 7.67. The van der Waals surface area contributed by atoms with E-state index in [1.54, 1.807) is 0 Å². The van der Waals surface area contributed by atoms with E-state index in [0.717, 1.165) is 36.0 Å². The molecule has 1 aliphatic carbocycles. The number of hydrogen-bond donors (Lipinski definition) is 0. The van der Waals surface area contributed by atoms with Crippen LogP contribution in [0.1, 0.15) is 36.3 Å². The molecule has 1 nitrogen and oxygen atoms in total. The monoisotopic (exact) mass is 296 g/mol. The maximum atomic E-state index is 12.7. The Labute approximate surface area is 130 Å². The van der Waals surface area contributed by atoms with Crippen LogP contribution in [-0.2, 0) is 4.79 Å². The number of benzene rings is 2. The van der Waals surface area contributed by atoms with E-state index in [1.807, 2.05) is 60.7 Å². The van der Waals surface area contributed by atoms with Gasteiger partial charge in [-0.3, -0.25) is 4.79 Å². The number of hydrogen-bond acceptors (Lipinski definition) is 1. The molecular weight excluding hydrogens is 280 g/mol. The minimum Gasteiger partial charge on any atom is -0.294 e. The molecule has 1 saturated carbocycles. The van der Waals surface area contributed by atoms with Crippen molar-refractivity contribution in [1.29, 1.82) is 0 Å². The molecule has 2 aromatic carbocycles. The van der Waals surface area contributed by atoms with Crippen molar-refractivity contribution >= 4 is 23.5 Å². The Kier molecular flexibility index (Phi) is 4.21. The van der Waals surface area contributed by atoms with Crippen LogP contribution in [0.4, 0.5) is 0 Å². The predicted octanol–water partition coefficient (Wildman–Crippen LogP) is 5.26. The number of carbonyl (C=O) groups excluding carboxylic acids is 1. The van der Waals surface area contributed by atoms with Crippen molar-refractivity contribution in [2.45, 2.75) is 25.2 Å². The zero-order chi connectivity index (χ0) is 14.7. The minimum atomic E-state index is 0.0125. The first kappa shape index (κ1) is 14.1. The van der Waals surface area contributed by atoms with Gasteiger partial charge < -0.3 is 0 Å². The molecule has 1 fully saturated rings. The minimum absolute atomic E-state index is 0.0125. The van der Waals surface area contributed by atoms with Crippen LogP contribution in [0.25, 0.3) is 6.08 Å². The second-order valence-electron chi connectivity index (χ2n) is 5.44. The molecule has 106 valence electrons. The molecule has 21 heavy (non-hydrogen) atoms. The quantitative estimate of drug-likeness (QED) is 0.691. The smallest absolute Gasteiger partial charge is 0.166 e. The Balaban J connectivity index is 1.87. The largest absolute Gasteiger partial charge is 0.294 e. The van der Waals surface area contributed by atoms with Crippen LogP contribution in [0.3, 0.4) is 0 Å². The van der Waals surface area contributed by atoms with Crippen molar-refractivity contribution in [3.63, 3.8) is 0 Å². The molecule has 0 saturated heterocycles. The van der Waals surface area contributed by atoms with Gasteiger partial charge in [-0.05, 0) is 54.2 Å². The first-order chi connectivity index (χ1) is 10.2. The number of rotatable bonds is 2. The van der Waals surface area contributed by atoms with Crippen molar-refractivity contribution in [2.75, 3.05) is 0 Å². The van der Waals surface area contributed by atoms with Crippen LogP contribution in [0.2, 0.25) is 5.02 Å². The van der Waals surface area contributed by atoms with Gasteiger partial charge in [0, 0.05) is 10.9 Å². The zero-order valence-corrected chi connectivity index (χ0v) is 12.5. The normalized spacial score (nSPS) is 20.7. The maximum absolute atomic E-state index is 12.7. The molecule has 2 heteroatoms. The second kappa shape index (κ2) is 6.28. The van der Waals surface area contributed by atoms with Crippen molar-refractivity contribution < 1.29 is 4.79 Å². The molecule has 0 heterocycles. The number of ketones is 1. The molecule has 0 amide bonds. The number of allylic oxidation sites excluding steroid dienone is 1. The van der Waals surface area contributed by atoms with Gasteiger partial charge in [0.25, 0.3) is 0 Å². The van der Waals surface area contributed by atoms with Crippen molar-refractivity contribution in [3.05, 3.63) is 76.3 Å². The predicted molar refractivity (Wildman–Crippen MR) is 87.5 cm³/mol. The molecular formula is C19H17ClO. The summed E-state index contributed by atoms with van der Waals surface area (Å²) in [7, 11) is 0. The summed E-state index contributed by atoms with van der Waals surface area (Å²) < 4.78 is 0. The van der Waals surface area contributed by atoms with Gasteiger partial charge in [0.05, 0.1) is 0 Å². The van der Waals surface area contributed by atoms with Gasteiger partial charge in [0.15, 0.2) is 5.78 Å². The SMILES string of the molecule is O=C1/C(=C\c2ccc(Cl)cc2)CCCC1c1ccccc1. The first-order valence-electron chi connectivity index (χ1n) is 7.29. The standard InChI is InChI=1S/C19H17ClO/c20-17-11-9-14(10-12-17)13-16-7-4-8-18(19(16)21)15-5-2-1-3-6-15/h1-3,5-6,9-13,18H,4,7-8H2/b16-13-. The van der Waals surface area contributed by atoms with Crippen molar-refractivity contribution in [2.24, 2.45) is 0 Å². The number of halogens is 1. The van der Waals surface area contributed by atoms with Crippen LogP contribution >= 0.6 is 11.6 Å². The van der Waals surface area contributed by atoms with Crippen molar-refractivity contribution in [3.8, 4) is 0 Å². The zero-order valence-electron chi connectivity index (χ0n) is 11.8. The van der Waals surface area contributed by atoms with Crippen LogP contribution in [0.5, 0.6) is 0 Å². The Morgan fingerprint density at radius 1 is 1.00 bits per heavy atom. The average molecular weight is 297 g/mol. The van der Waals surface area contributed by atoms with Gasteiger partial charge in [-0.2, -0.15) is 0 Å². The lowest BCUT2D eigenvalue weighted by atomic mass is 9.79. The molecule has 1 unspecified atom stereocenters. The maximum Gasteiger partial charge on any atom is 0.166 e. The molecule has 0 aromatic heterocycles. The Bertz CT molecular complexity index is 656.